The minimum Gasteiger partial charge on any atom is -0.387 e. The number of aliphatic hydroxyl groups excluding tert-OH is 1. The zero-order valence-electron chi connectivity index (χ0n) is 16.3. The van der Waals surface area contributed by atoms with Crippen LogP contribution in [-0.2, 0) is 13.1 Å². The van der Waals surface area contributed by atoms with Crippen LogP contribution in [0.3, 0.4) is 0 Å². The summed E-state index contributed by atoms with van der Waals surface area (Å²) in [6.07, 6.45) is 5.39. The molecule has 1 unspecified atom stereocenters. The van der Waals surface area contributed by atoms with Crippen molar-refractivity contribution in [2.45, 2.75) is 39.5 Å². The van der Waals surface area contributed by atoms with E-state index in [1.807, 2.05) is 49.4 Å². The molecule has 6 heteroatoms. The molecular weight excluding hydrogens is 352 g/mol. The molecule has 3 rings (SSSR count). The van der Waals surface area contributed by atoms with E-state index in [9.17, 15) is 9.90 Å². The molecule has 2 aromatic heterocycles. The van der Waals surface area contributed by atoms with Gasteiger partial charge in [-0.3, -0.25) is 14.5 Å². The molecule has 28 heavy (non-hydrogen) atoms. The van der Waals surface area contributed by atoms with E-state index in [0.717, 1.165) is 24.1 Å². The standard InChI is InChI=1S/C22H26N4O2/c1-3-13-26-15-20(17(2)24-26)22(28)25(14-18-9-11-23-12-10-18)16-21(27)19-7-5-4-6-8-19/h4-12,15,21,27H,3,13-14,16H2,1-2H3. The summed E-state index contributed by atoms with van der Waals surface area (Å²) in [5.74, 6) is -0.133. The van der Waals surface area contributed by atoms with Gasteiger partial charge >= 0.3 is 0 Å². The van der Waals surface area contributed by atoms with Crippen molar-refractivity contribution < 1.29 is 9.90 Å². The van der Waals surface area contributed by atoms with E-state index in [1.165, 1.54) is 0 Å². The van der Waals surface area contributed by atoms with E-state index < -0.39 is 6.10 Å². The highest BCUT2D eigenvalue weighted by Crippen LogP contribution is 2.19. The first-order valence-electron chi connectivity index (χ1n) is 9.53. The van der Waals surface area contributed by atoms with Crippen LogP contribution in [-0.4, -0.2) is 37.2 Å². The normalized spacial score (nSPS) is 12.0. The topological polar surface area (TPSA) is 71.2 Å². The van der Waals surface area contributed by atoms with Crippen LogP contribution in [0.25, 0.3) is 0 Å². The van der Waals surface area contributed by atoms with Crippen LogP contribution in [0.4, 0.5) is 0 Å². The molecule has 2 heterocycles. The van der Waals surface area contributed by atoms with Gasteiger partial charge in [-0.1, -0.05) is 37.3 Å². The first-order chi connectivity index (χ1) is 13.6. The third kappa shape index (κ3) is 4.84. The summed E-state index contributed by atoms with van der Waals surface area (Å²) in [5.41, 5.74) is 3.02. The fraction of sp³-hybridized carbons (Fsp3) is 0.318. The lowest BCUT2D eigenvalue weighted by Gasteiger charge is -2.25. The summed E-state index contributed by atoms with van der Waals surface area (Å²) in [7, 11) is 0. The van der Waals surface area contributed by atoms with Crippen molar-refractivity contribution in [2.75, 3.05) is 6.54 Å². The first-order valence-corrected chi connectivity index (χ1v) is 9.53. The van der Waals surface area contributed by atoms with Crippen LogP contribution in [0, 0.1) is 6.92 Å². The molecule has 0 bridgehead atoms. The number of rotatable bonds is 8. The zero-order valence-corrected chi connectivity index (χ0v) is 16.3. The van der Waals surface area contributed by atoms with Crippen molar-refractivity contribution in [3.05, 3.63) is 83.4 Å². The molecule has 0 aliphatic rings. The molecule has 0 spiro atoms. The van der Waals surface area contributed by atoms with Crippen LogP contribution in [0.15, 0.2) is 61.1 Å². The summed E-state index contributed by atoms with van der Waals surface area (Å²) in [5, 5.41) is 15.1. The highest BCUT2D eigenvalue weighted by Gasteiger charge is 2.23. The van der Waals surface area contributed by atoms with Crippen molar-refractivity contribution in [1.82, 2.24) is 19.7 Å². The molecule has 1 atom stereocenters. The molecule has 0 aliphatic carbocycles. The first kappa shape index (κ1) is 19.8. The highest BCUT2D eigenvalue weighted by molar-refractivity contribution is 5.95. The Bertz CT molecular complexity index is 893. The molecular formula is C22H26N4O2. The van der Waals surface area contributed by atoms with Crippen LogP contribution < -0.4 is 0 Å². The number of aliphatic hydroxyl groups is 1. The van der Waals surface area contributed by atoms with Gasteiger partial charge in [0.1, 0.15) is 0 Å². The molecule has 1 N–H and O–H groups in total. The monoisotopic (exact) mass is 378 g/mol. The lowest BCUT2D eigenvalue weighted by molar-refractivity contribution is 0.0603. The second-order valence-corrected chi connectivity index (χ2v) is 6.86. The summed E-state index contributed by atoms with van der Waals surface area (Å²) in [6.45, 7) is 5.28. The Hall–Kier alpha value is -2.99. The maximum absolute atomic E-state index is 13.3. The molecule has 1 aromatic carbocycles. The number of benzene rings is 1. The van der Waals surface area contributed by atoms with Gasteiger partial charge in [-0.25, -0.2) is 0 Å². The van der Waals surface area contributed by atoms with Gasteiger partial charge in [-0.2, -0.15) is 5.10 Å². The lowest BCUT2D eigenvalue weighted by atomic mass is 10.1. The third-order valence-corrected chi connectivity index (χ3v) is 4.62. The van der Waals surface area contributed by atoms with Crippen LogP contribution in [0.5, 0.6) is 0 Å². The van der Waals surface area contributed by atoms with E-state index >= 15 is 0 Å². The van der Waals surface area contributed by atoms with Gasteiger partial charge in [0.05, 0.1) is 23.9 Å². The number of hydrogen-bond donors (Lipinski definition) is 1. The maximum Gasteiger partial charge on any atom is 0.257 e. The third-order valence-electron chi connectivity index (χ3n) is 4.62. The SMILES string of the molecule is CCCn1cc(C(=O)N(Cc2ccncc2)CC(O)c2ccccc2)c(C)n1. The highest BCUT2D eigenvalue weighted by atomic mass is 16.3. The fourth-order valence-corrected chi connectivity index (χ4v) is 3.16. The van der Waals surface area contributed by atoms with Crippen LogP contribution >= 0.6 is 0 Å². The Morgan fingerprint density at radius 3 is 2.57 bits per heavy atom. The zero-order chi connectivity index (χ0) is 19.9. The van der Waals surface area contributed by atoms with Crippen molar-refractivity contribution in [3.8, 4) is 0 Å². The summed E-state index contributed by atoms with van der Waals surface area (Å²) in [6, 6.07) is 13.2. The van der Waals surface area contributed by atoms with E-state index in [2.05, 4.69) is 17.0 Å². The minimum atomic E-state index is -0.766. The molecule has 146 valence electrons. The van der Waals surface area contributed by atoms with Crippen molar-refractivity contribution in [2.24, 2.45) is 0 Å². The predicted octanol–water partition coefficient (Wildman–Crippen LogP) is 3.37. The van der Waals surface area contributed by atoms with Gasteiger partial charge in [-0.05, 0) is 36.6 Å². The number of aryl methyl sites for hydroxylation is 2. The lowest BCUT2D eigenvalue weighted by Crippen LogP contribution is -2.34. The van der Waals surface area contributed by atoms with Crippen molar-refractivity contribution in [3.63, 3.8) is 0 Å². The molecule has 0 aliphatic heterocycles. The number of carbonyl (C=O) groups excluding carboxylic acids is 1. The van der Waals surface area contributed by atoms with Crippen LogP contribution in [0.1, 0.15) is 46.6 Å². The predicted molar refractivity (Wildman–Crippen MR) is 108 cm³/mol. The van der Waals surface area contributed by atoms with Gasteiger partial charge in [0.25, 0.3) is 5.91 Å². The van der Waals surface area contributed by atoms with Gasteiger partial charge in [0, 0.05) is 31.7 Å². The fourth-order valence-electron chi connectivity index (χ4n) is 3.16. The Labute approximate surface area is 165 Å². The largest absolute Gasteiger partial charge is 0.387 e. The summed E-state index contributed by atoms with van der Waals surface area (Å²) in [4.78, 5) is 19.0. The summed E-state index contributed by atoms with van der Waals surface area (Å²) >= 11 is 0. The van der Waals surface area contributed by atoms with Crippen LogP contribution in [0.2, 0.25) is 0 Å². The number of pyridine rings is 1. The number of nitrogens with zero attached hydrogens (tertiary/aromatic N) is 4. The second kappa shape index (κ2) is 9.28. The van der Waals surface area contributed by atoms with E-state index in [4.69, 9.17) is 0 Å². The average Bonchev–Trinajstić information content (AvgIpc) is 3.08. The Kier molecular flexibility index (Phi) is 6.55. The molecule has 0 saturated heterocycles. The van der Waals surface area contributed by atoms with Crippen molar-refractivity contribution in [1.29, 1.82) is 0 Å². The Balaban J connectivity index is 1.85. The van der Waals surface area contributed by atoms with Gasteiger partial charge in [-0.15, -0.1) is 0 Å². The number of hydrogen-bond acceptors (Lipinski definition) is 4. The average molecular weight is 378 g/mol. The molecule has 3 aromatic rings. The maximum atomic E-state index is 13.3. The quantitative estimate of drug-likeness (QED) is 0.652. The molecule has 1 amide bonds. The van der Waals surface area contributed by atoms with E-state index in [-0.39, 0.29) is 12.5 Å². The Morgan fingerprint density at radius 1 is 1.18 bits per heavy atom. The molecule has 0 fully saturated rings. The van der Waals surface area contributed by atoms with Gasteiger partial charge in [0.15, 0.2) is 0 Å². The second-order valence-electron chi connectivity index (χ2n) is 6.86. The van der Waals surface area contributed by atoms with Crippen molar-refractivity contribution >= 4 is 5.91 Å². The number of amides is 1. The van der Waals surface area contributed by atoms with Gasteiger partial charge < -0.3 is 10.0 Å². The Morgan fingerprint density at radius 2 is 1.89 bits per heavy atom. The smallest absolute Gasteiger partial charge is 0.257 e. The van der Waals surface area contributed by atoms with Gasteiger partial charge in [0.2, 0.25) is 0 Å². The molecule has 0 radical (unpaired) electrons. The molecule has 0 saturated carbocycles. The number of carbonyl (C=O) groups is 1. The summed E-state index contributed by atoms with van der Waals surface area (Å²) < 4.78 is 1.81. The number of aromatic nitrogens is 3. The van der Waals surface area contributed by atoms with E-state index in [1.54, 1.807) is 28.2 Å². The minimum absolute atomic E-state index is 0.133. The van der Waals surface area contributed by atoms with E-state index in [0.29, 0.717) is 17.8 Å². The molecule has 6 nitrogen and oxygen atoms in total.